The maximum absolute atomic E-state index is 11.7. The molecule has 1 aromatic heterocycles. The van der Waals surface area contributed by atoms with Gasteiger partial charge in [-0.25, -0.2) is 4.79 Å². The summed E-state index contributed by atoms with van der Waals surface area (Å²) in [6.45, 7) is 3.88. The molecule has 0 aliphatic carbocycles. The van der Waals surface area contributed by atoms with Gasteiger partial charge in [0.05, 0.1) is 6.54 Å². The van der Waals surface area contributed by atoms with Crippen molar-refractivity contribution in [2.75, 3.05) is 13.1 Å². The van der Waals surface area contributed by atoms with E-state index in [-0.39, 0.29) is 12.6 Å². The molecule has 1 aromatic carbocycles. The van der Waals surface area contributed by atoms with Gasteiger partial charge in [0.15, 0.2) is 5.82 Å². The second kappa shape index (κ2) is 7.04. The smallest absolute Gasteiger partial charge is 0.314 e. The fourth-order valence-electron chi connectivity index (χ4n) is 1.94. The van der Waals surface area contributed by atoms with Crippen molar-refractivity contribution in [1.29, 1.82) is 0 Å². The minimum Gasteiger partial charge on any atom is -0.384 e. The normalized spacial score (nSPS) is 13.4. The van der Waals surface area contributed by atoms with E-state index in [9.17, 15) is 9.90 Å². The molecule has 22 heavy (non-hydrogen) atoms. The molecular formula is C15H20N4O3. The molecule has 2 rings (SSSR count). The van der Waals surface area contributed by atoms with E-state index in [2.05, 4.69) is 20.8 Å². The summed E-state index contributed by atoms with van der Waals surface area (Å²) >= 11 is 0. The van der Waals surface area contributed by atoms with Crippen LogP contribution in [-0.4, -0.2) is 34.4 Å². The molecular weight excluding hydrogens is 284 g/mol. The van der Waals surface area contributed by atoms with Gasteiger partial charge in [-0.3, -0.25) is 0 Å². The summed E-state index contributed by atoms with van der Waals surface area (Å²) in [5.74, 6) is 1.05. The van der Waals surface area contributed by atoms with Crippen LogP contribution in [0.2, 0.25) is 0 Å². The van der Waals surface area contributed by atoms with Gasteiger partial charge < -0.3 is 20.3 Å². The Morgan fingerprint density at radius 1 is 1.32 bits per heavy atom. The molecule has 1 heterocycles. The SMILES string of the molecule is Cc1noc(CCNC(=O)NCC(C)(O)c2ccccc2)n1. The second-order valence-electron chi connectivity index (χ2n) is 5.23. The number of rotatable bonds is 6. The number of aryl methyl sites for hydroxylation is 1. The molecule has 0 bridgehead atoms. The number of carbonyl (C=O) groups excluding carboxylic acids is 1. The number of benzene rings is 1. The van der Waals surface area contributed by atoms with Crippen LogP contribution in [0, 0.1) is 6.92 Å². The van der Waals surface area contributed by atoms with Gasteiger partial charge in [0.2, 0.25) is 5.89 Å². The number of carbonyl (C=O) groups is 1. The molecule has 0 saturated heterocycles. The zero-order valence-corrected chi connectivity index (χ0v) is 12.7. The van der Waals surface area contributed by atoms with Crippen molar-refractivity contribution in [3.05, 3.63) is 47.6 Å². The molecule has 0 radical (unpaired) electrons. The van der Waals surface area contributed by atoms with E-state index in [1.54, 1.807) is 13.8 Å². The van der Waals surface area contributed by atoms with E-state index >= 15 is 0 Å². The van der Waals surface area contributed by atoms with Crippen molar-refractivity contribution in [2.45, 2.75) is 25.9 Å². The summed E-state index contributed by atoms with van der Waals surface area (Å²) in [5, 5.41) is 19.4. The number of hydrogen-bond donors (Lipinski definition) is 3. The van der Waals surface area contributed by atoms with E-state index in [1.807, 2.05) is 30.3 Å². The summed E-state index contributed by atoms with van der Waals surface area (Å²) in [4.78, 5) is 15.8. The zero-order chi connectivity index (χ0) is 16.0. The first kappa shape index (κ1) is 16.0. The minimum atomic E-state index is -1.12. The molecule has 118 valence electrons. The monoisotopic (exact) mass is 304 g/mol. The van der Waals surface area contributed by atoms with Gasteiger partial charge in [0.1, 0.15) is 5.60 Å². The summed E-state index contributed by atoms with van der Waals surface area (Å²) in [5.41, 5.74) is -0.376. The van der Waals surface area contributed by atoms with Crippen molar-refractivity contribution < 1.29 is 14.4 Å². The van der Waals surface area contributed by atoms with Gasteiger partial charge in [0.25, 0.3) is 0 Å². The summed E-state index contributed by atoms with van der Waals surface area (Å²) in [6.07, 6.45) is 0.462. The lowest BCUT2D eigenvalue weighted by Crippen LogP contribution is -2.43. The number of urea groups is 1. The van der Waals surface area contributed by atoms with Crippen LogP contribution in [0.3, 0.4) is 0 Å². The Morgan fingerprint density at radius 3 is 2.68 bits per heavy atom. The molecule has 7 nitrogen and oxygen atoms in total. The van der Waals surface area contributed by atoms with Crippen molar-refractivity contribution in [2.24, 2.45) is 0 Å². The number of aromatic nitrogens is 2. The first-order valence-electron chi connectivity index (χ1n) is 7.06. The van der Waals surface area contributed by atoms with E-state index < -0.39 is 5.60 Å². The maximum atomic E-state index is 11.7. The fraction of sp³-hybridized carbons (Fsp3) is 0.400. The molecule has 1 unspecified atom stereocenters. The summed E-state index contributed by atoms with van der Waals surface area (Å²) in [7, 11) is 0. The predicted molar refractivity (Wildman–Crippen MR) is 80.2 cm³/mol. The Hall–Kier alpha value is -2.41. The molecule has 0 aliphatic heterocycles. The van der Waals surface area contributed by atoms with Crippen molar-refractivity contribution in [3.63, 3.8) is 0 Å². The third kappa shape index (κ3) is 4.56. The van der Waals surface area contributed by atoms with Crippen LogP contribution in [-0.2, 0) is 12.0 Å². The highest BCUT2D eigenvalue weighted by Crippen LogP contribution is 2.18. The van der Waals surface area contributed by atoms with Gasteiger partial charge in [-0.15, -0.1) is 0 Å². The van der Waals surface area contributed by atoms with Crippen LogP contribution in [0.1, 0.15) is 24.2 Å². The highest BCUT2D eigenvalue weighted by Gasteiger charge is 2.23. The van der Waals surface area contributed by atoms with Crippen LogP contribution in [0.25, 0.3) is 0 Å². The molecule has 0 fully saturated rings. The standard InChI is InChI=1S/C15H20N4O3/c1-11-18-13(22-19-11)8-9-16-14(20)17-10-15(2,21)12-6-4-3-5-7-12/h3-7,21H,8-10H2,1-2H3,(H2,16,17,20). The van der Waals surface area contributed by atoms with Gasteiger partial charge in [-0.05, 0) is 19.4 Å². The average molecular weight is 304 g/mol. The van der Waals surface area contributed by atoms with E-state index in [1.165, 1.54) is 0 Å². The van der Waals surface area contributed by atoms with Crippen LogP contribution in [0.4, 0.5) is 4.79 Å². The van der Waals surface area contributed by atoms with E-state index in [0.29, 0.717) is 24.7 Å². The first-order chi connectivity index (χ1) is 10.5. The minimum absolute atomic E-state index is 0.114. The lowest BCUT2D eigenvalue weighted by atomic mass is 9.96. The largest absolute Gasteiger partial charge is 0.384 e. The highest BCUT2D eigenvalue weighted by molar-refractivity contribution is 5.73. The molecule has 1 atom stereocenters. The topological polar surface area (TPSA) is 100 Å². The molecule has 2 aromatic rings. The lowest BCUT2D eigenvalue weighted by Gasteiger charge is -2.24. The highest BCUT2D eigenvalue weighted by atomic mass is 16.5. The van der Waals surface area contributed by atoms with Crippen molar-refractivity contribution in [3.8, 4) is 0 Å². The van der Waals surface area contributed by atoms with Crippen LogP contribution >= 0.6 is 0 Å². The summed E-state index contributed by atoms with van der Waals surface area (Å²) in [6, 6.07) is 8.84. The van der Waals surface area contributed by atoms with Crippen LogP contribution < -0.4 is 10.6 Å². The zero-order valence-electron chi connectivity index (χ0n) is 12.7. The van der Waals surface area contributed by atoms with Gasteiger partial charge in [-0.2, -0.15) is 4.98 Å². The van der Waals surface area contributed by atoms with E-state index in [4.69, 9.17) is 4.52 Å². The second-order valence-corrected chi connectivity index (χ2v) is 5.23. The Bertz CT molecular complexity index is 610. The van der Waals surface area contributed by atoms with Crippen LogP contribution in [0.5, 0.6) is 0 Å². The first-order valence-corrected chi connectivity index (χ1v) is 7.06. The number of nitrogens with zero attached hydrogens (tertiary/aromatic N) is 2. The number of aliphatic hydroxyl groups is 1. The average Bonchev–Trinajstić information content (AvgIpc) is 2.92. The fourth-order valence-corrected chi connectivity index (χ4v) is 1.94. The van der Waals surface area contributed by atoms with Gasteiger partial charge in [-0.1, -0.05) is 35.5 Å². The van der Waals surface area contributed by atoms with E-state index in [0.717, 1.165) is 5.56 Å². The van der Waals surface area contributed by atoms with Crippen molar-refractivity contribution in [1.82, 2.24) is 20.8 Å². The quantitative estimate of drug-likeness (QED) is 0.742. The Labute approximate surface area is 128 Å². The molecule has 2 amide bonds. The number of amides is 2. The molecule has 7 heteroatoms. The predicted octanol–water partition coefficient (Wildman–Crippen LogP) is 1.13. The number of hydrogen-bond acceptors (Lipinski definition) is 5. The molecule has 3 N–H and O–H groups in total. The summed E-state index contributed by atoms with van der Waals surface area (Å²) < 4.78 is 4.95. The van der Waals surface area contributed by atoms with Gasteiger partial charge >= 0.3 is 6.03 Å². The number of nitrogens with one attached hydrogen (secondary N) is 2. The maximum Gasteiger partial charge on any atom is 0.314 e. The molecule has 0 saturated carbocycles. The Balaban J connectivity index is 1.73. The van der Waals surface area contributed by atoms with Crippen LogP contribution in [0.15, 0.2) is 34.9 Å². The Kier molecular flexibility index (Phi) is 5.11. The molecule has 0 aliphatic rings. The third-order valence-corrected chi connectivity index (χ3v) is 3.18. The lowest BCUT2D eigenvalue weighted by molar-refractivity contribution is 0.0594. The Morgan fingerprint density at radius 2 is 2.05 bits per heavy atom. The van der Waals surface area contributed by atoms with Gasteiger partial charge in [0, 0.05) is 13.0 Å². The molecule has 0 spiro atoms. The van der Waals surface area contributed by atoms with Crippen molar-refractivity contribution >= 4 is 6.03 Å². The third-order valence-electron chi connectivity index (χ3n) is 3.18.